The van der Waals surface area contributed by atoms with E-state index in [1.807, 2.05) is 0 Å². The van der Waals surface area contributed by atoms with Crippen LogP contribution in [0.2, 0.25) is 0 Å². The van der Waals surface area contributed by atoms with Gasteiger partial charge in [0.2, 0.25) is 0 Å². The van der Waals surface area contributed by atoms with Gasteiger partial charge in [-0.05, 0) is 140 Å². The van der Waals surface area contributed by atoms with Gasteiger partial charge >= 0.3 is 11.9 Å². The van der Waals surface area contributed by atoms with Gasteiger partial charge in [-0.1, -0.05) is 141 Å². The third-order valence-electron chi connectivity index (χ3n) is 11.5. The summed E-state index contributed by atoms with van der Waals surface area (Å²) in [6.45, 7) is 15.7. The maximum atomic E-state index is 12.3. The van der Waals surface area contributed by atoms with E-state index in [1.54, 1.807) is 0 Å². The number of allylic oxidation sites excluding steroid dienone is 8. The van der Waals surface area contributed by atoms with Gasteiger partial charge in [-0.2, -0.15) is 0 Å². The lowest BCUT2D eigenvalue weighted by Crippen LogP contribution is -2.22. The van der Waals surface area contributed by atoms with Crippen molar-refractivity contribution in [2.45, 2.75) is 221 Å². The molecule has 0 aliphatic rings. The summed E-state index contributed by atoms with van der Waals surface area (Å²) in [4.78, 5) is 26.9. The quantitative estimate of drug-likeness (QED) is 0.0367. The van der Waals surface area contributed by atoms with Crippen LogP contribution >= 0.6 is 0 Å². The highest BCUT2D eigenvalue weighted by molar-refractivity contribution is 5.69. The number of hydrogen-bond acceptors (Lipinski definition) is 7. The van der Waals surface area contributed by atoms with E-state index >= 15 is 0 Å². The summed E-state index contributed by atoms with van der Waals surface area (Å²) in [5.41, 5.74) is 2.16. The van der Waals surface area contributed by atoms with Crippen LogP contribution < -0.4 is 9.47 Å². The van der Waals surface area contributed by atoms with Gasteiger partial charge in [-0.25, -0.2) is 0 Å². The zero-order valence-electron chi connectivity index (χ0n) is 41.4. The first-order valence-electron chi connectivity index (χ1n) is 26.0. The molecule has 0 amide bonds. The zero-order valence-corrected chi connectivity index (χ0v) is 41.4. The molecule has 360 valence electrons. The summed E-state index contributed by atoms with van der Waals surface area (Å²) < 4.78 is 23.6. The van der Waals surface area contributed by atoms with Crippen molar-refractivity contribution < 1.29 is 28.5 Å². The van der Waals surface area contributed by atoms with Crippen LogP contribution in [-0.2, 0) is 25.6 Å². The normalized spacial score (nSPS) is 11.9. The molecule has 7 heteroatoms. The highest BCUT2D eigenvalue weighted by atomic mass is 16.5. The van der Waals surface area contributed by atoms with Crippen LogP contribution in [-0.4, -0.2) is 56.4 Å². The fourth-order valence-corrected chi connectivity index (χ4v) is 7.26. The Bertz CT molecular complexity index is 1250. The fourth-order valence-electron chi connectivity index (χ4n) is 7.26. The van der Waals surface area contributed by atoms with Crippen molar-refractivity contribution in [3.8, 4) is 11.5 Å². The predicted molar refractivity (Wildman–Crippen MR) is 268 cm³/mol. The Kier molecular flexibility index (Phi) is 40.2. The van der Waals surface area contributed by atoms with Gasteiger partial charge in [0.05, 0.1) is 26.4 Å². The van der Waals surface area contributed by atoms with Gasteiger partial charge in [0.25, 0.3) is 0 Å². The number of hydrogen-bond donors (Lipinski definition) is 0. The summed E-state index contributed by atoms with van der Waals surface area (Å²) in [6, 6.07) is 4.28. The van der Waals surface area contributed by atoms with Crippen LogP contribution in [0.15, 0.2) is 60.7 Å². The molecule has 0 spiro atoms. The van der Waals surface area contributed by atoms with E-state index in [0.29, 0.717) is 39.3 Å². The molecule has 63 heavy (non-hydrogen) atoms. The largest absolute Gasteiger partial charge is 0.493 e. The summed E-state index contributed by atoms with van der Waals surface area (Å²) in [6.07, 6.45) is 48.3. The molecule has 0 aliphatic heterocycles. The first-order valence-corrected chi connectivity index (χ1v) is 26.0. The second kappa shape index (κ2) is 43.9. The van der Waals surface area contributed by atoms with Crippen LogP contribution in [0.5, 0.6) is 11.5 Å². The van der Waals surface area contributed by atoms with Gasteiger partial charge in [-0.3, -0.25) is 14.5 Å². The monoisotopic (exact) mass is 878 g/mol. The summed E-state index contributed by atoms with van der Waals surface area (Å²) in [5, 5.41) is 0. The topological polar surface area (TPSA) is 74.3 Å². The van der Waals surface area contributed by atoms with E-state index in [0.717, 1.165) is 114 Å². The number of carbonyl (C=O) groups is 2. The van der Waals surface area contributed by atoms with Gasteiger partial charge in [-0.15, -0.1) is 0 Å². The van der Waals surface area contributed by atoms with E-state index in [-0.39, 0.29) is 11.9 Å². The lowest BCUT2D eigenvalue weighted by atomic mass is 10.1. The Hall–Kier alpha value is -3.32. The molecule has 0 N–H and O–H groups in total. The Morgan fingerprint density at radius 2 is 0.825 bits per heavy atom. The van der Waals surface area contributed by atoms with Crippen molar-refractivity contribution in [3.63, 3.8) is 0 Å². The molecular weight excluding hydrogens is 783 g/mol. The molecule has 0 aliphatic carbocycles. The van der Waals surface area contributed by atoms with E-state index in [2.05, 4.69) is 100 Å². The minimum Gasteiger partial charge on any atom is -0.493 e. The number of nitrogens with zero attached hydrogens (tertiary/aromatic N) is 1. The first-order chi connectivity index (χ1) is 30.9. The maximum absolute atomic E-state index is 12.3. The number of unbranched alkanes of at least 4 members (excludes halogenated alkanes) is 18. The highest BCUT2D eigenvalue weighted by Crippen LogP contribution is 2.31. The molecule has 0 fully saturated rings. The number of rotatable bonds is 44. The van der Waals surface area contributed by atoms with Gasteiger partial charge in [0.15, 0.2) is 0 Å². The summed E-state index contributed by atoms with van der Waals surface area (Å²) in [5.74, 6) is 1.51. The Labute approximate surface area is 387 Å². The predicted octanol–water partition coefficient (Wildman–Crippen LogP) is 15.9. The molecule has 0 saturated heterocycles. The van der Waals surface area contributed by atoms with Crippen LogP contribution in [0.1, 0.15) is 219 Å². The average Bonchev–Trinajstić information content (AvgIpc) is 3.28. The van der Waals surface area contributed by atoms with E-state index < -0.39 is 0 Å². The minimum atomic E-state index is -0.0890. The standard InChI is InChI=1S/C56H95NO6/c1-6-10-12-14-16-18-20-22-24-26-28-30-32-34-36-42-55(58)62-46-40-38-44-60-53-48-52(50-57(8-3)9-4)49-54(51(53)5)61-45-39-41-47-63-56(59)43-37-35-33-31-29-27-25-23-21-19-17-15-13-11-7-2/h16-19,22-25,48-49H,6-15,20-21,26-47,50H2,1-5H3/b18-16-,19-17-,24-22-,25-23-. The second-order valence-electron chi connectivity index (χ2n) is 17.2. The minimum absolute atomic E-state index is 0.0890. The molecule has 0 radical (unpaired) electrons. The number of carbonyl (C=O) groups excluding carboxylic acids is 2. The van der Waals surface area contributed by atoms with E-state index in [4.69, 9.17) is 18.9 Å². The fraction of sp³-hybridized carbons (Fsp3) is 0.714. The van der Waals surface area contributed by atoms with Crippen molar-refractivity contribution in [2.24, 2.45) is 0 Å². The van der Waals surface area contributed by atoms with Gasteiger partial charge < -0.3 is 18.9 Å². The Morgan fingerprint density at radius 1 is 0.460 bits per heavy atom. The Morgan fingerprint density at radius 3 is 1.22 bits per heavy atom. The van der Waals surface area contributed by atoms with Crippen molar-refractivity contribution in [1.82, 2.24) is 4.90 Å². The summed E-state index contributed by atoms with van der Waals surface area (Å²) in [7, 11) is 0. The number of benzene rings is 1. The molecular formula is C56H95NO6. The molecule has 0 heterocycles. The molecule has 0 unspecified atom stereocenters. The molecule has 7 nitrogen and oxygen atoms in total. The molecule has 1 aromatic rings. The molecule has 0 saturated carbocycles. The third-order valence-corrected chi connectivity index (χ3v) is 11.5. The molecule has 0 aromatic heterocycles. The average molecular weight is 878 g/mol. The molecule has 0 atom stereocenters. The lowest BCUT2D eigenvalue weighted by molar-refractivity contribution is -0.144. The van der Waals surface area contributed by atoms with Crippen molar-refractivity contribution in [2.75, 3.05) is 39.5 Å². The smallest absolute Gasteiger partial charge is 0.305 e. The second-order valence-corrected chi connectivity index (χ2v) is 17.2. The third kappa shape index (κ3) is 35.7. The van der Waals surface area contributed by atoms with Crippen molar-refractivity contribution in [1.29, 1.82) is 0 Å². The zero-order chi connectivity index (χ0) is 45.7. The van der Waals surface area contributed by atoms with Crippen molar-refractivity contribution >= 4 is 11.9 Å². The number of esters is 2. The van der Waals surface area contributed by atoms with Gasteiger partial charge in [0, 0.05) is 24.9 Å². The maximum Gasteiger partial charge on any atom is 0.305 e. The van der Waals surface area contributed by atoms with Crippen molar-refractivity contribution in [3.05, 3.63) is 71.9 Å². The van der Waals surface area contributed by atoms with E-state index in [9.17, 15) is 9.59 Å². The van der Waals surface area contributed by atoms with E-state index in [1.165, 1.54) is 95.5 Å². The molecule has 1 rings (SSSR count). The molecule has 0 bridgehead atoms. The number of ether oxygens (including phenoxy) is 4. The van der Waals surface area contributed by atoms with Gasteiger partial charge in [0.1, 0.15) is 11.5 Å². The van der Waals surface area contributed by atoms with Crippen LogP contribution in [0.25, 0.3) is 0 Å². The van der Waals surface area contributed by atoms with Crippen LogP contribution in [0.3, 0.4) is 0 Å². The highest BCUT2D eigenvalue weighted by Gasteiger charge is 2.13. The molecule has 1 aromatic carbocycles. The lowest BCUT2D eigenvalue weighted by Gasteiger charge is -2.21. The van der Waals surface area contributed by atoms with Crippen LogP contribution in [0.4, 0.5) is 0 Å². The van der Waals surface area contributed by atoms with Crippen LogP contribution in [0, 0.1) is 6.92 Å². The summed E-state index contributed by atoms with van der Waals surface area (Å²) >= 11 is 0. The SMILES string of the molecule is CCCCC/C=C\C/C=C\CCCCCCCC(=O)OCCCCOc1cc(CN(CC)CC)cc(OCCCCOC(=O)CCCCCCC/C=C\C/C=C\CCCCC)c1C. The first kappa shape index (κ1) is 57.7. The Balaban J connectivity index is 2.24.